The van der Waals surface area contributed by atoms with Crippen LogP contribution in [0.1, 0.15) is 37.8 Å². The van der Waals surface area contributed by atoms with Gasteiger partial charge in [-0.25, -0.2) is 9.97 Å². The van der Waals surface area contributed by atoms with Crippen molar-refractivity contribution in [2.45, 2.75) is 46.3 Å². The molecule has 0 radical (unpaired) electrons. The van der Waals surface area contributed by atoms with E-state index in [4.69, 9.17) is 12.2 Å². The molecule has 3 N–H and O–H groups in total. The molecule has 0 bridgehead atoms. The molecular formula is C23H28N6S. The number of fused-ring (bicyclic) bond motifs is 2. The van der Waals surface area contributed by atoms with Crippen LogP contribution in [0.5, 0.6) is 0 Å². The molecule has 156 valence electrons. The monoisotopic (exact) mass is 420 g/mol. The predicted octanol–water partition coefficient (Wildman–Crippen LogP) is 5.16. The summed E-state index contributed by atoms with van der Waals surface area (Å²) in [5.74, 6) is 0.833. The van der Waals surface area contributed by atoms with Crippen LogP contribution >= 0.6 is 12.2 Å². The molecule has 0 saturated heterocycles. The van der Waals surface area contributed by atoms with Crippen LogP contribution in [-0.2, 0) is 19.6 Å². The van der Waals surface area contributed by atoms with E-state index in [1.807, 2.05) is 0 Å². The van der Waals surface area contributed by atoms with Gasteiger partial charge in [0.25, 0.3) is 0 Å². The Labute approximate surface area is 181 Å². The second kappa shape index (κ2) is 9.36. The summed E-state index contributed by atoms with van der Waals surface area (Å²) < 4.78 is 2.82. The second-order valence-corrected chi connectivity index (χ2v) is 7.82. The summed E-state index contributed by atoms with van der Waals surface area (Å²) in [7, 11) is 0. The molecule has 0 aliphatic heterocycles. The van der Waals surface area contributed by atoms with Crippen molar-refractivity contribution < 1.29 is 0 Å². The number of nitrogens with one attached hydrogen (secondary N) is 3. The smallest absolute Gasteiger partial charge is 0.178 e. The van der Waals surface area contributed by atoms with E-state index in [1.165, 1.54) is 24.0 Å². The second-order valence-electron chi connectivity index (χ2n) is 7.44. The van der Waals surface area contributed by atoms with E-state index in [0.717, 1.165) is 52.2 Å². The van der Waals surface area contributed by atoms with E-state index < -0.39 is 0 Å². The zero-order chi connectivity index (χ0) is 20.9. The number of aryl methyl sites for hydroxylation is 1. The first-order chi connectivity index (χ1) is 14.7. The largest absolute Gasteiger partial charge is 0.365 e. The molecular weight excluding hydrogens is 392 g/mol. The third-order valence-corrected chi connectivity index (χ3v) is 5.76. The van der Waals surface area contributed by atoms with E-state index in [2.05, 4.69) is 80.4 Å². The van der Waals surface area contributed by atoms with Crippen LogP contribution < -0.4 is 10.6 Å². The average Bonchev–Trinajstić information content (AvgIpc) is 3.08. The molecule has 30 heavy (non-hydrogen) atoms. The first-order valence-electron chi connectivity index (χ1n) is 10.6. The van der Waals surface area contributed by atoms with Crippen LogP contribution in [0, 0.1) is 4.77 Å². The predicted molar refractivity (Wildman–Crippen MR) is 126 cm³/mol. The Morgan fingerprint density at radius 2 is 1.87 bits per heavy atom. The number of hydrogen-bond donors (Lipinski definition) is 3. The van der Waals surface area contributed by atoms with E-state index in [-0.39, 0.29) is 0 Å². The molecule has 2 aromatic heterocycles. The maximum atomic E-state index is 5.45. The lowest BCUT2D eigenvalue weighted by Crippen LogP contribution is -2.16. The van der Waals surface area contributed by atoms with Gasteiger partial charge in [0.2, 0.25) is 0 Å². The zero-order valence-corrected chi connectivity index (χ0v) is 18.4. The Balaban J connectivity index is 1.59. The van der Waals surface area contributed by atoms with Crippen LogP contribution in [0.25, 0.3) is 21.9 Å². The lowest BCUT2D eigenvalue weighted by atomic mass is 10.1. The Morgan fingerprint density at radius 1 is 1.07 bits per heavy atom. The van der Waals surface area contributed by atoms with Gasteiger partial charge in [0.1, 0.15) is 12.1 Å². The number of rotatable bonds is 9. The molecule has 0 aliphatic rings. The number of aromatic amines is 1. The summed E-state index contributed by atoms with van der Waals surface area (Å²) in [4.78, 5) is 12.3. The number of nitrogens with zero attached hydrogens (tertiary/aromatic N) is 3. The minimum atomic E-state index is 0.710. The molecule has 0 unspecified atom stereocenters. The number of anilines is 1. The number of H-pyrrole nitrogens is 1. The summed E-state index contributed by atoms with van der Waals surface area (Å²) in [6.07, 6.45) is 4.02. The normalized spacial score (nSPS) is 11.4. The van der Waals surface area contributed by atoms with Gasteiger partial charge >= 0.3 is 0 Å². The molecule has 0 aliphatic carbocycles. The maximum absolute atomic E-state index is 5.45. The molecule has 4 rings (SSSR count). The number of imidazole rings is 1. The fraction of sp³-hybridized carbons (Fsp3) is 0.348. The highest BCUT2D eigenvalue weighted by atomic mass is 32.1. The summed E-state index contributed by atoms with van der Waals surface area (Å²) in [5, 5.41) is 8.04. The fourth-order valence-electron chi connectivity index (χ4n) is 3.77. The Hall–Kier alpha value is -2.77. The number of benzene rings is 2. The van der Waals surface area contributed by atoms with Crippen LogP contribution in [0.3, 0.4) is 0 Å². The maximum Gasteiger partial charge on any atom is 0.178 e. The molecule has 6 nitrogen and oxygen atoms in total. The van der Waals surface area contributed by atoms with E-state index in [0.29, 0.717) is 6.54 Å². The van der Waals surface area contributed by atoms with Gasteiger partial charge in [-0.15, -0.1) is 0 Å². The van der Waals surface area contributed by atoms with Gasteiger partial charge in [0.15, 0.2) is 4.77 Å². The Bertz CT molecular complexity index is 1210. The summed E-state index contributed by atoms with van der Waals surface area (Å²) in [6, 6.07) is 12.7. The van der Waals surface area contributed by atoms with Gasteiger partial charge in [-0.1, -0.05) is 37.6 Å². The van der Waals surface area contributed by atoms with Crippen molar-refractivity contribution in [3.05, 3.63) is 58.6 Å². The van der Waals surface area contributed by atoms with Gasteiger partial charge in [0, 0.05) is 25.0 Å². The molecule has 2 heterocycles. The average molecular weight is 421 g/mol. The highest BCUT2D eigenvalue weighted by Crippen LogP contribution is 2.26. The topological polar surface area (TPSA) is 70.6 Å². The van der Waals surface area contributed by atoms with Gasteiger partial charge in [-0.05, 0) is 55.4 Å². The van der Waals surface area contributed by atoms with Crippen molar-refractivity contribution in [1.29, 1.82) is 0 Å². The van der Waals surface area contributed by atoms with Gasteiger partial charge in [-0.2, -0.15) is 0 Å². The van der Waals surface area contributed by atoms with Crippen LogP contribution in [0.4, 0.5) is 5.82 Å². The molecule has 0 amide bonds. The summed E-state index contributed by atoms with van der Waals surface area (Å²) >= 11 is 5.45. The fourth-order valence-corrected chi connectivity index (χ4v) is 4.11. The molecule has 0 saturated carbocycles. The Morgan fingerprint density at radius 3 is 2.63 bits per heavy atom. The van der Waals surface area contributed by atoms with Crippen molar-refractivity contribution in [3.63, 3.8) is 0 Å². The molecule has 0 atom stereocenters. The molecule has 2 aromatic carbocycles. The first-order valence-corrected chi connectivity index (χ1v) is 11.0. The third-order valence-electron chi connectivity index (χ3n) is 5.43. The third kappa shape index (κ3) is 4.22. The minimum absolute atomic E-state index is 0.710. The SMILES string of the molecule is CCCCNCc1ccccc1CNc1ncnc2cc3c(cc12)[nH]c(=S)n3CC. The van der Waals surface area contributed by atoms with Crippen LogP contribution in [0.15, 0.2) is 42.7 Å². The van der Waals surface area contributed by atoms with E-state index in [1.54, 1.807) is 6.33 Å². The zero-order valence-electron chi connectivity index (χ0n) is 17.5. The molecule has 0 spiro atoms. The lowest BCUT2D eigenvalue weighted by Gasteiger charge is -2.13. The highest BCUT2D eigenvalue weighted by Gasteiger charge is 2.10. The van der Waals surface area contributed by atoms with Crippen molar-refractivity contribution in [2.24, 2.45) is 0 Å². The molecule has 4 aromatic rings. The van der Waals surface area contributed by atoms with Gasteiger partial charge < -0.3 is 20.2 Å². The molecule has 0 fully saturated rings. The van der Waals surface area contributed by atoms with Crippen LogP contribution in [-0.4, -0.2) is 26.1 Å². The van der Waals surface area contributed by atoms with Crippen LogP contribution in [0.2, 0.25) is 0 Å². The summed E-state index contributed by atoms with van der Waals surface area (Å²) in [6.45, 7) is 7.76. The number of aromatic nitrogens is 4. The molecule has 7 heteroatoms. The van der Waals surface area contributed by atoms with Crippen molar-refractivity contribution in [1.82, 2.24) is 24.8 Å². The standard InChI is InChI=1S/C23H28N6S/c1-3-5-10-24-13-16-8-6-7-9-17(16)14-25-22-18-11-20-21(12-19(18)26-15-27-22)29(4-2)23(30)28-20/h6-9,11-12,15,24H,3-5,10,13-14H2,1-2H3,(H,28,30)(H,25,26,27). The number of unbranched alkanes of at least 4 members (excludes halogenated alkanes) is 1. The number of hydrogen-bond acceptors (Lipinski definition) is 5. The van der Waals surface area contributed by atoms with Gasteiger partial charge in [0.05, 0.1) is 16.6 Å². The van der Waals surface area contributed by atoms with Crippen molar-refractivity contribution in [3.8, 4) is 0 Å². The summed E-state index contributed by atoms with van der Waals surface area (Å²) in [5.41, 5.74) is 5.57. The minimum Gasteiger partial charge on any atom is -0.365 e. The Kier molecular flexibility index (Phi) is 6.40. The first kappa shape index (κ1) is 20.5. The van der Waals surface area contributed by atoms with Crippen molar-refractivity contribution >= 4 is 40.0 Å². The van der Waals surface area contributed by atoms with E-state index in [9.17, 15) is 0 Å². The van der Waals surface area contributed by atoms with Gasteiger partial charge in [-0.3, -0.25) is 0 Å². The lowest BCUT2D eigenvalue weighted by molar-refractivity contribution is 0.639. The highest BCUT2D eigenvalue weighted by molar-refractivity contribution is 7.71. The van der Waals surface area contributed by atoms with Crippen molar-refractivity contribution in [2.75, 3.05) is 11.9 Å². The quantitative estimate of drug-likeness (QED) is 0.258. The van der Waals surface area contributed by atoms with E-state index >= 15 is 0 Å².